The highest BCUT2D eigenvalue weighted by Gasteiger charge is 2.65. The van der Waals surface area contributed by atoms with Crippen molar-refractivity contribution >= 4 is 58.4 Å². The van der Waals surface area contributed by atoms with Crippen molar-refractivity contribution in [3.05, 3.63) is 78.2 Å². The van der Waals surface area contributed by atoms with Crippen LogP contribution in [0, 0.1) is 17.3 Å². The summed E-state index contributed by atoms with van der Waals surface area (Å²) in [5, 5.41) is 5.58. The first-order chi connectivity index (χ1) is 30.9. The molecule has 2 aromatic carbocycles. The molecule has 0 spiro atoms. The number of pyridine rings is 1. The van der Waals surface area contributed by atoms with Crippen LogP contribution in [0.2, 0.25) is 0 Å². The highest BCUT2D eigenvalue weighted by Crippen LogP contribution is 2.73. The van der Waals surface area contributed by atoms with E-state index >= 15 is 4.79 Å². The summed E-state index contributed by atoms with van der Waals surface area (Å²) in [4.78, 5) is 67.4. The van der Waals surface area contributed by atoms with Crippen LogP contribution >= 0.6 is 18.7 Å². The van der Waals surface area contributed by atoms with Crippen molar-refractivity contribution in [1.29, 1.82) is 0 Å². The highest BCUT2D eigenvalue weighted by molar-refractivity contribution is 7.60. The molecule has 14 nitrogen and oxygen atoms in total. The molecular formula is C49H61N4O10PS. The minimum Gasteiger partial charge on any atom is -0.497 e. The molecule has 1 saturated heterocycles. The summed E-state index contributed by atoms with van der Waals surface area (Å²) in [6, 6.07) is 14.9. The van der Waals surface area contributed by atoms with E-state index in [2.05, 4.69) is 11.9 Å². The van der Waals surface area contributed by atoms with Gasteiger partial charge >= 0.3 is 11.9 Å². The van der Waals surface area contributed by atoms with Gasteiger partial charge in [0.25, 0.3) is 0 Å². The monoisotopic (exact) mass is 928 g/mol. The standard InChI is InChI=1S/C49H61N4O10PS/c1-9-32-25-49(32,64(8,58)61-29-60-46(57)31-15-11-10-12-16-31)26-42(54)41-22-35(27-53(41)45(56)37(48(4,5)6)23-44(55)63-33-17-13-14-18-33)62-43-24-39(40-28-65-47(52-40)50-30(2)3)51-38-21-34(59-7)19-20-36(38)43/h9-12,15-16,19-21,24,28,30,32-33,35,37,41H,1,13-14,17-18,22-23,25-27,29H2,2-8H3,(H,50,52)/t32-,35?,37-,41+,49-,64?/m1/s1. The number of methoxy groups -OCH3 is 1. The number of hydrogen-bond acceptors (Lipinski definition) is 14. The number of likely N-dealkylation sites (tertiary alicyclic amines) is 1. The fourth-order valence-electron chi connectivity index (χ4n) is 9.04. The number of esters is 2. The maximum Gasteiger partial charge on any atom is 0.340 e. The molecule has 0 radical (unpaired) electrons. The summed E-state index contributed by atoms with van der Waals surface area (Å²) in [6.45, 7) is 14.7. The Morgan fingerprint density at radius 2 is 1.77 bits per heavy atom. The Morgan fingerprint density at radius 1 is 1.03 bits per heavy atom. The van der Waals surface area contributed by atoms with Crippen LogP contribution in [0.15, 0.2) is 72.6 Å². The van der Waals surface area contributed by atoms with Gasteiger partial charge in [-0.05, 0) is 81.5 Å². The maximum absolute atomic E-state index is 15.0. The number of ketones is 1. The van der Waals surface area contributed by atoms with Gasteiger partial charge in [-0.25, -0.2) is 14.8 Å². The zero-order chi connectivity index (χ0) is 46.7. The molecule has 2 aromatic heterocycles. The van der Waals surface area contributed by atoms with E-state index in [0.717, 1.165) is 30.8 Å². The number of rotatable bonds is 19. The van der Waals surface area contributed by atoms with Gasteiger partial charge in [0, 0.05) is 48.4 Å². The van der Waals surface area contributed by atoms with E-state index in [-0.39, 0.29) is 55.6 Å². The highest BCUT2D eigenvalue weighted by atomic mass is 32.1. The number of Topliss-reactive ketones (excluding diaryl/α,β-unsaturated/α-hetero) is 1. The summed E-state index contributed by atoms with van der Waals surface area (Å²) < 4.78 is 44.0. The molecule has 65 heavy (non-hydrogen) atoms. The van der Waals surface area contributed by atoms with Crippen LogP contribution in [0.4, 0.5) is 5.13 Å². The zero-order valence-corrected chi connectivity index (χ0v) is 40.1. The predicted octanol–water partition coefficient (Wildman–Crippen LogP) is 9.72. The van der Waals surface area contributed by atoms with Crippen LogP contribution in [-0.4, -0.2) is 95.1 Å². The number of anilines is 1. The summed E-state index contributed by atoms with van der Waals surface area (Å²) in [5.41, 5.74) is 1.46. The van der Waals surface area contributed by atoms with Crippen molar-refractivity contribution in [2.45, 2.75) is 115 Å². The number of fused-ring (bicyclic) bond motifs is 1. The van der Waals surface area contributed by atoms with Crippen molar-refractivity contribution in [2.24, 2.45) is 17.3 Å². The second-order valence-corrected chi connectivity index (χ2v) is 22.6. The Hall–Kier alpha value is -5.11. The number of nitrogens with zero attached hydrogens (tertiary/aromatic N) is 3. The SMILES string of the molecule is C=C[C@@H]1C[C@]1(CC(=O)[C@@H]1CC(Oc2cc(-c3csc(NC(C)C)n3)nc3cc(OC)ccc23)CN1C(=O)[C@@H](CC(=O)OC1CCCC1)C(C)(C)C)P(C)(=O)OCOC(=O)c1ccccc1. The van der Waals surface area contributed by atoms with E-state index in [9.17, 15) is 18.9 Å². The molecule has 0 bridgehead atoms. The van der Waals surface area contributed by atoms with Gasteiger partial charge in [0.05, 0.1) is 54.0 Å². The third kappa shape index (κ3) is 11.0. The van der Waals surface area contributed by atoms with E-state index in [1.807, 2.05) is 64.3 Å². The molecule has 16 heteroatoms. The first kappa shape index (κ1) is 47.8. The number of thiazole rings is 1. The number of amides is 1. The zero-order valence-electron chi connectivity index (χ0n) is 38.4. The van der Waals surface area contributed by atoms with Gasteiger partial charge in [-0.3, -0.25) is 23.5 Å². The van der Waals surface area contributed by atoms with E-state index in [4.69, 9.17) is 33.4 Å². The lowest BCUT2D eigenvalue weighted by atomic mass is 9.77. The molecule has 1 N–H and O–H groups in total. The molecule has 2 aliphatic carbocycles. The third-order valence-electron chi connectivity index (χ3n) is 12.9. The van der Waals surface area contributed by atoms with Crippen LogP contribution in [0.25, 0.3) is 22.3 Å². The number of carbonyl (C=O) groups excluding carboxylic acids is 4. The quantitative estimate of drug-likeness (QED) is 0.0408. The lowest BCUT2D eigenvalue weighted by molar-refractivity contribution is -0.156. The maximum atomic E-state index is 15.0. The van der Waals surface area contributed by atoms with E-state index < -0.39 is 54.7 Å². The lowest BCUT2D eigenvalue weighted by Gasteiger charge is -2.35. The van der Waals surface area contributed by atoms with Gasteiger partial charge in [-0.15, -0.1) is 17.9 Å². The summed E-state index contributed by atoms with van der Waals surface area (Å²) in [6.07, 6.45) is 4.57. The van der Waals surface area contributed by atoms with Crippen molar-refractivity contribution in [2.75, 3.05) is 32.4 Å². The molecule has 2 unspecified atom stereocenters. The Bertz CT molecular complexity index is 2450. The number of benzene rings is 2. The first-order valence-corrected chi connectivity index (χ1v) is 25.3. The molecule has 1 aliphatic heterocycles. The van der Waals surface area contributed by atoms with Gasteiger partial charge in [0.1, 0.15) is 29.4 Å². The summed E-state index contributed by atoms with van der Waals surface area (Å²) in [7, 11) is -2.08. The number of aromatic nitrogens is 2. The largest absolute Gasteiger partial charge is 0.497 e. The van der Waals surface area contributed by atoms with Crippen molar-refractivity contribution in [3.63, 3.8) is 0 Å². The van der Waals surface area contributed by atoms with Crippen LogP contribution < -0.4 is 14.8 Å². The topological polar surface area (TPSA) is 173 Å². The fraction of sp³-hybridized carbons (Fsp3) is 0.510. The van der Waals surface area contributed by atoms with Crippen LogP contribution in [-0.2, 0) is 32.9 Å². The molecule has 1 amide bonds. The van der Waals surface area contributed by atoms with Crippen LogP contribution in [0.5, 0.6) is 11.5 Å². The number of nitrogens with one attached hydrogen (secondary N) is 1. The molecular weight excluding hydrogens is 868 g/mol. The van der Waals surface area contributed by atoms with Crippen LogP contribution in [0.3, 0.4) is 0 Å². The second kappa shape index (κ2) is 19.8. The molecule has 7 rings (SSSR count). The first-order valence-electron chi connectivity index (χ1n) is 22.4. The number of allylic oxidation sites excluding steroid dienone is 1. The number of ether oxygens (including phenoxy) is 4. The van der Waals surface area contributed by atoms with Gasteiger partial charge < -0.3 is 29.2 Å². The third-order valence-corrected chi connectivity index (χ3v) is 16.5. The number of carbonyl (C=O) groups is 4. The molecule has 348 valence electrons. The van der Waals surface area contributed by atoms with Crippen molar-refractivity contribution in [1.82, 2.24) is 14.9 Å². The smallest absolute Gasteiger partial charge is 0.340 e. The Balaban J connectivity index is 1.18. The number of hydrogen-bond donors (Lipinski definition) is 1. The Kier molecular flexibility index (Phi) is 14.6. The summed E-state index contributed by atoms with van der Waals surface area (Å²) >= 11 is 1.47. The van der Waals surface area contributed by atoms with Crippen LogP contribution in [0.1, 0.15) is 96.3 Å². The van der Waals surface area contributed by atoms with E-state index in [1.165, 1.54) is 18.0 Å². The minimum absolute atomic E-state index is 0.0432. The average Bonchev–Trinajstić information content (AvgIpc) is 3.66. The van der Waals surface area contributed by atoms with Gasteiger partial charge in [0.2, 0.25) is 13.3 Å². The average molecular weight is 929 g/mol. The molecule has 3 heterocycles. The Morgan fingerprint density at radius 3 is 2.43 bits per heavy atom. The minimum atomic E-state index is -3.66. The van der Waals surface area contributed by atoms with E-state index in [1.54, 1.807) is 48.4 Å². The van der Waals surface area contributed by atoms with Gasteiger partial charge in [-0.2, -0.15) is 0 Å². The Labute approximate surface area is 385 Å². The molecule has 3 aliphatic rings. The van der Waals surface area contributed by atoms with E-state index in [0.29, 0.717) is 45.8 Å². The summed E-state index contributed by atoms with van der Waals surface area (Å²) in [5.74, 6) is -1.81. The van der Waals surface area contributed by atoms with Crippen molar-refractivity contribution < 1.29 is 47.2 Å². The van der Waals surface area contributed by atoms with Gasteiger partial charge in [0.15, 0.2) is 17.7 Å². The molecule has 6 atom stereocenters. The normalized spacial score (nSPS) is 22.3. The predicted molar refractivity (Wildman–Crippen MR) is 251 cm³/mol. The molecule has 2 saturated carbocycles. The fourth-order valence-corrected chi connectivity index (χ4v) is 12.1. The molecule has 4 aromatic rings. The lowest BCUT2D eigenvalue weighted by Crippen LogP contribution is -2.48. The second-order valence-electron chi connectivity index (χ2n) is 18.9. The van der Waals surface area contributed by atoms with Crippen molar-refractivity contribution in [3.8, 4) is 22.9 Å². The molecule has 3 fully saturated rings. The van der Waals surface area contributed by atoms with Gasteiger partial charge in [-0.1, -0.05) is 45.0 Å².